The smallest absolute Gasteiger partial charge is 0.305 e. The molecule has 0 spiro atoms. The lowest BCUT2D eigenvalue weighted by molar-refractivity contribution is -0.159. The average Bonchev–Trinajstić information content (AvgIpc) is 3.14. The van der Waals surface area contributed by atoms with Crippen LogP contribution in [0.3, 0.4) is 0 Å². The molecule has 0 aliphatic carbocycles. The standard InChI is InChI=1S/C45H80O7/c1-4-7-10-13-16-17-18-19-20-21-22-23-24-25-28-35-43(47)49-40-31-33-42(46)34-32-41-50-44(48)36-37-45(51-38-29-26-14-11-8-5-2)52-39-30-27-15-12-9-6-3/h8-9,11-12,16-17,19-20,42,45-46H,4-7,10,13-15,18,21-41H2,1-3H3/b11-8-,12-9-,17-16-,20-19-. The molecule has 302 valence electrons. The number of aliphatic hydroxyl groups excluding tert-OH is 1. The largest absolute Gasteiger partial charge is 0.466 e. The van der Waals surface area contributed by atoms with Crippen LogP contribution < -0.4 is 0 Å². The Morgan fingerprint density at radius 3 is 1.48 bits per heavy atom. The number of aliphatic hydroxyl groups is 1. The van der Waals surface area contributed by atoms with Gasteiger partial charge in [-0.15, -0.1) is 0 Å². The van der Waals surface area contributed by atoms with Crippen LogP contribution in [0, 0.1) is 0 Å². The Kier molecular flexibility index (Phi) is 39.8. The van der Waals surface area contributed by atoms with Crippen molar-refractivity contribution in [2.45, 2.75) is 200 Å². The minimum absolute atomic E-state index is 0.148. The quantitative estimate of drug-likeness (QED) is 0.0291. The Morgan fingerprint density at radius 1 is 0.481 bits per heavy atom. The molecule has 0 saturated carbocycles. The van der Waals surface area contributed by atoms with E-state index in [2.05, 4.69) is 69.4 Å². The summed E-state index contributed by atoms with van der Waals surface area (Å²) in [4.78, 5) is 24.4. The monoisotopic (exact) mass is 733 g/mol. The molecular weight excluding hydrogens is 652 g/mol. The average molecular weight is 733 g/mol. The van der Waals surface area contributed by atoms with Crippen molar-refractivity contribution in [1.29, 1.82) is 0 Å². The first kappa shape index (κ1) is 49.8. The Hall–Kier alpha value is -2.22. The summed E-state index contributed by atoms with van der Waals surface area (Å²) in [5.41, 5.74) is 0. The molecule has 0 aliphatic rings. The summed E-state index contributed by atoms with van der Waals surface area (Å²) in [6, 6.07) is 0. The molecular formula is C45H80O7. The second-order valence-corrected chi connectivity index (χ2v) is 13.8. The Balaban J connectivity index is 3.89. The van der Waals surface area contributed by atoms with E-state index in [1.54, 1.807) is 0 Å². The fourth-order valence-electron chi connectivity index (χ4n) is 5.56. The van der Waals surface area contributed by atoms with E-state index < -0.39 is 12.4 Å². The molecule has 0 aromatic heterocycles. The normalized spacial score (nSPS) is 12.7. The number of carbonyl (C=O) groups is 2. The van der Waals surface area contributed by atoms with Crippen LogP contribution in [0.25, 0.3) is 0 Å². The van der Waals surface area contributed by atoms with Crippen LogP contribution in [0.5, 0.6) is 0 Å². The highest BCUT2D eigenvalue weighted by molar-refractivity contribution is 5.69. The van der Waals surface area contributed by atoms with Gasteiger partial charge in [0.15, 0.2) is 6.29 Å². The lowest BCUT2D eigenvalue weighted by Crippen LogP contribution is -2.21. The van der Waals surface area contributed by atoms with E-state index in [0.29, 0.717) is 58.3 Å². The van der Waals surface area contributed by atoms with Gasteiger partial charge in [0.05, 0.1) is 25.7 Å². The number of hydrogen-bond acceptors (Lipinski definition) is 7. The number of esters is 2. The first-order valence-electron chi connectivity index (χ1n) is 21.4. The Labute approximate surface area is 320 Å². The molecule has 1 N–H and O–H groups in total. The molecule has 7 heteroatoms. The van der Waals surface area contributed by atoms with Crippen LogP contribution in [0.15, 0.2) is 48.6 Å². The molecule has 0 amide bonds. The SMILES string of the molecule is CC/C=C\CCCCOC(CCC(=O)OCCCC(O)CCCOC(=O)CCCCCCC/C=C\C/C=C\CCCCC)OCCCC/C=C\CC. The first-order valence-corrected chi connectivity index (χ1v) is 21.4. The van der Waals surface area contributed by atoms with Gasteiger partial charge in [0, 0.05) is 26.1 Å². The van der Waals surface area contributed by atoms with Crippen LogP contribution in [0.1, 0.15) is 188 Å². The molecule has 0 saturated heterocycles. The van der Waals surface area contributed by atoms with E-state index in [1.807, 2.05) is 0 Å². The highest BCUT2D eigenvalue weighted by atomic mass is 16.7. The molecule has 0 heterocycles. The maximum absolute atomic E-state index is 12.4. The summed E-state index contributed by atoms with van der Waals surface area (Å²) >= 11 is 0. The molecule has 0 bridgehead atoms. The van der Waals surface area contributed by atoms with Gasteiger partial charge in [0.25, 0.3) is 0 Å². The molecule has 0 aromatic carbocycles. The molecule has 1 atom stereocenters. The van der Waals surface area contributed by atoms with Gasteiger partial charge < -0.3 is 24.1 Å². The predicted octanol–water partition coefficient (Wildman–Crippen LogP) is 12.2. The lowest BCUT2D eigenvalue weighted by atomic mass is 10.1. The minimum Gasteiger partial charge on any atom is -0.466 e. The van der Waals surface area contributed by atoms with Crippen LogP contribution in [0.4, 0.5) is 0 Å². The van der Waals surface area contributed by atoms with E-state index >= 15 is 0 Å². The van der Waals surface area contributed by atoms with Crippen molar-refractivity contribution in [3.63, 3.8) is 0 Å². The van der Waals surface area contributed by atoms with Crippen molar-refractivity contribution in [3.05, 3.63) is 48.6 Å². The van der Waals surface area contributed by atoms with Gasteiger partial charge in [-0.05, 0) is 116 Å². The molecule has 0 rings (SSSR count). The maximum atomic E-state index is 12.4. The van der Waals surface area contributed by atoms with Gasteiger partial charge in [0.1, 0.15) is 0 Å². The summed E-state index contributed by atoms with van der Waals surface area (Å²) in [7, 11) is 0. The minimum atomic E-state index is -0.500. The second kappa shape index (κ2) is 41.5. The summed E-state index contributed by atoms with van der Waals surface area (Å²) in [5, 5.41) is 10.3. The van der Waals surface area contributed by atoms with Crippen LogP contribution in [-0.4, -0.2) is 55.9 Å². The molecule has 0 aromatic rings. The zero-order chi connectivity index (χ0) is 38.0. The van der Waals surface area contributed by atoms with E-state index in [-0.39, 0.29) is 25.0 Å². The van der Waals surface area contributed by atoms with E-state index in [9.17, 15) is 14.7 Å². The first-order chi connectivity index (χ1) is 25.5. The van der Waals surface area contributed by atoms with Gasteiger partial charge in [-0.25, -0.2) is 0 Å². The van der Waals surface area contributed by atoms with Gasteiger partial charge in [-0.1, -0.05) is 101 Å². The van der Waals surface area contributed by atoms with Gasteiger partial charge in [-0.2, -0.15) is 0 Å². The molecule has 0 radical (unpaired) electrons. The zero-order valence-corrected chi connectivity index (χ0v) is 33.9. The highest BCUT2D eigenvalue weighted by Gasteiger charge is 2.14. The number of rotatable bonds is 39. The maximum Gasteiger partial charge on any atom is 0.305 e. The summed E-state index contributed by atoms with van der Waals surface area (Å²) in [5.74, 6) is -0.415. The third-order valence-corrected chi connectivity index (χ3v) is 8.75. The van der Waals surface area contributed by atoms with Gasteiger partial charge in [-0.3, -0.25) is 9.59 Å². The van der Waals surface area contributed by atoms with Crippen molar-refractivity contribution in [3.8, 4) is 0 Å². The van der Waals surface area contributed by atoms with Crippen LogP contribution in [-0.2, 0) is 28.5 Å². The molecule has 52 heavy (non-hydrogen) atoms. The lowest BCUT2D eigenvalue weighted by Gasteiger charge is -2.18. The van der Waals surface area contributed by atoms with E-state index in [0.717, 1.165) is 83.5 Å². The topological polar surface area (TPSA) is 91.3 Å². The Morgan fingerprint density at radius 2 is 0.942 bits per heavy atom. The summed E-state index contributed by atoms with van der Waals surface area (Å²) < 4.78 is 22.7. The molecule has 0 fully saturated rings. The van der Waals surface area contributed by atoms with Gasteiger partial charge >= 0.3 is 11.9 Å². The van der Waals surface area contributed by atoms with Crippen LogP contribution >= 0.6 is 0 Å². The summed E-state index contributed by atoms with van der Waals surface area (Å²) in [6.07, 6.45) is 41.6. The van der Waals surface area contributed by atoms with E-state index in [4.69, 9.17) is 18.9 Å². The number of hydrogen-bond donors (Lipinski definition) is 1. The van der Waals surface area contributed by atoms with E-state index in [1.165, 1.54) is 38.5 Å². The zero-order valence-electron chi connectivity index (χ0n) is 33.9. The fourth-order valence-corrected chi connectivity index (χ4v) is 5.56. The third-order valence-electron chi connectivity index (χ3n) is 8.75. The Bertz CT molecular complexity index is 870. The van der Waals surface area contributed by atoms with Gasteiger partial charge in [0.2, 0.25) is 0 Å². The predicted molar refractivity (Wildman–Crippen MR) is 217 cm³/mol. The van der Waals surface area contributed by atoms with Crippen molar-refractivity contribution >= 4 is 11.9 Å². The third kappa shape index (κ3) is 39.0. The molecule has 0 aliphatic heterocycles. The fraction of sp³-hybridized carbons (Fsp3) is 0.778. The highest BCUT2D eigenvalue weighted by Crippen LogP contribution is 2.12. The van der Waals surface area contributed by atoms with Crippen molar-refractivity contribution in [2.75, 3.05) is 26.4 Å². The van der Waals surface area contributed by atoms with Crippen molar-refractivity contribution < 1.29 is 33.6 Å². The summed E-state index contributed by atoms with van der Waals surface area (Å²) in [6.45, 7) is 8.36. The van der Waals surface area contributed by atoms with Crippen molar-refractivity contribution in [2.24, 2.45) is 0 Å². The molecule has 7 nitrogen and oxygen atoms in total. The number of ether oxygens (including phenoxy) is 4. The second-order valence-electron chi connectivity index (χ2n) is 13.8. The van der Waals surface area contributed by atoms with Crippen LogP contribution in [0.2, 0.25) is 0 Å². The molecule has 1 unspecified atom stereocenters. The number of unbranched alkanes of at least 4 members (excludes halogenated alkanes) is 12. The number of carbonyl (C=O) groups excluding carboxylic acids is 2. The number of allylic oxidation sites excluding steroid dienone is 8. The van der Waals surface area contributed by atoms with Crippen molar-refractivity contribution in [1.82, 2.24) is 0 Å².